The van der Waals surface area contributed by atoms with Crippen LogP contribution in [-0.4, -0.2) is 50.8 Å². The quantitative estimate of drug-likeness (QED) is 0.593. The van der Waals surface area contributed by atoms with Gasteiger partial charge in [0, 0.05) is 18.3 Å². The number of benzene rings is 1. The molecule has 154 valence electrons. The van der Waals surface area contributed by atoms with Crippen LogP contribution in [0.15, 0.2) is 29.6 Å². The number of anilines is 1. The number of rotatable bonds is 11. The Morgan fingerprint density at radius 3 is 2.57 bits per heavy atom. The molecule has 1 heterocycles. The van der Waals surface area contributed by atoms with Gasteiger partial charge in [0.2, 0.25) is 0 Å². The smallest absolute Gasteiger partial charge is 0.387 e. The van der Waals surface area contributed by atoms with E-state index < -0.39 is 12.5 Å². The average molecular weight is 414 g/mol. The Morgan fingerprint density at radius 1 is 1.18 bits per heavy atom. The number of carbonyl (C=O) groups excluding carboxylic acids is 1. The van der Waals surface area contributed by atoms with Crippen molar-refractivity contribution in [3.05, 3.63) is 34.5 Å². The highest BCUT2D eigenvalue weighted by atomic mass is 32.1. The molecular weight excluding hydrogens is 390 g/mol. The molecule has 9 heteroatoms. The van der Waals surface area contributed by atoms with Gasteiger partial charge in [0.05, 0.1) is 7.11 Å². The van der Waals surface area contributed by atoms with E-state index in [1.807, 2.05) is 0 Å². The SMILES string of the molecule is CCN(CC)CCOc1cc(NC(=O)c2sccc2OC(F)F)ccc1OC. The number of likely N-dealkylation sites (N-methyl/N-ethyl adjacent to an activating group) is 1. The Hall–Kier alpha value is -2.39. The Labute approximate surface area is 167 Å². The molecule has 1 aromatic heterocycles. The van der Waals surface area contributed by atoms with E-state index in [0.29, 0.717) is 23.8 Å². The highest BCUT2D eigenvalue weighted by Crippen LogP contribution is 2.32. The van der Waals surface area contributed by atoms with Gasteiger partial charge in [-0.2, -0.15) is 8.78 Å². The molecule has 0 aliphatic carbocycles. The number of hydrogen-bond acceptors (Lipinski definition) is 6. The molecule has 0 aliphatic heterocycles. The number of ether oxygens (including phenoxy) is 3. The zero-order valence-corrected chi connectivity index (χ0v) is 16.9. The van der Waals surface area contributed by atoms with E-state index in [2.05, 4.69) is 28.8 Å². The van der Waals surface area contributed by atoms with E-state index in [1.54, 1.807) is 18.2 Å². The fraction of sp³-hybridized carbons (Fsp3) is 0.421. The lowest BCUT2D eigenvalue weighted by Crippen LogP contribution is -2.28. The summed E-state index contributed by atoms with van der Waals surface area (Å²) in [4.78, 5) is 14.7. The van der Waals surface area contributed by atoms with Crippen molar-refractivity contribution in [3.8, 4) is 17.2 Å². The van der Waals surface area contributed by atoms with E-state index >= 15 is 0 Å². The van der Waals surface area contributed by atoms with Gasteiger partial charge in [-0.15, -0.1) is 11.3 Å². The molecule has 28 heavy (non-hydrogen) atoms. The summed E-state index contributed by atoms with van der Waals surface area (Å²) in [6.45, 7) is 4.25. The van der Waals surface area contributed by atoms with Crippen LogP contribution in [0.25, 0.3) is 0 Å². The summed E-state index contributed by atoms with van der Waals surface area (Å²) in [5.41, 5.74) is 0.458. The first-order valence-corrected chi connectivity index (χ1v) is 9.73. The summed E-state index contributed by atoms with van der Waals surface area (Å²) < 4.78 is 40.4. The van der Waals surface area contributed by atoms with E-state index in [4.69, 9.17) is 9.47 Å². The lowest BCUT2D eigenvalue weighted by Gasteiger charge is -2.19. The van der Waals surface area contributed by atoms with Crippen molar-refractivity contribution in [1.82, 2.24) is 4.90 Å². The number of alkyl halides is 2. The minimum Gasteiger partial charge on any atom is -0.493 e. The summed E-state index contributed by atoms with van der Waals surface area (Å²) in [7, 11) is 1.53. The molecule has 2 rings (SSSR count). The van der Waals surface area contributed by atoms with Gasteiger partial charge < -0.3 is 24.4 Å². The Balaban J connectivity index is 2.07. The van der Waals surface area contributed by atoms with Gasteiger partial charge in [-0.1, -0.05) is 13.8 Å². The first kappa shape index (κ1) is 21.9. The molecule has 0 saturated carbocycles. The maximum absolute atomic E-state index is 12.4. The molecule has 1 amide bonds. The number of nitrogens with one attached hydrogen (secondary N) is 1. The normalized spacial score (nSPS) is 11.0. The van der Waals surface area contributed by atoms with E-state index in [1.165, 1.54) is 18.6 Å². The molecule has 1 aromatic carbocycles. The number of hydrogen-bond donors (Lipinski definition) is 1. The summed E-state index contributed by atoms with van der Waals surface area (Å²) in [6, 6.07) is 6.30. The molecule has 0 spiro atoms. The number of thiophene rings is 1. The molecule has 0 bridgehead atoms. The number of nitrogens with zero attached hydrogens (tertiary/aromatic N) is 1. The third-order valence-electron chi connectivity index (χ3n) is 4.03. The van der Waals surface area contributed by atoms with Crippen LogP contribution < -0.4 is 19.5 Å². The summed E-state index contributed by atoms with van der Waals surface area (Å²) in [5, 5.41) is 4.19. The Kier molecular flexibility index (Phi) is 8.46. The topological polar surface area (TPSA) is 60.0 Å². The van der Waals surface area contributed by atoms with Crippen molar-refractivity contribution in [2.24, 2.45) is 0 Å². The van der Waals surface area contributed by atoms with Crippen LogP contribution >= 0.6 is 11.3 Å². The molecule has 0 atom stereocenters. The van der Waals surface area contributed by atoms with Gasteiger partial charge in [-0.3, -0.25) is 4.79 Å². The first-order valence-electron chi connectivity index (χ1n) is 8.85. The van der Waals surface area contributed by atoms with Gasteiger partial charge in [-0.05, 0) is 36.7 Å². The number of carbonyl (C=O) groups is 1. The van der Waals surface area contributed by atoms with Gasteiger partial charge in [0.15, 0.2) is 11.5 Å². The second-order valence-corrected chi connectivity index (χ2v) is 6.60. The van der Waals surface area contributed by atoms with Crippen LogP contribution in [0.2, 0.25) is 0 Å². The maximum atomic E-state index is 12.4. The van der Waals surface area contributed by atoms with Crippen LogP contribution in [0.3, 0.4) is 0 Å². The standard InChI is InChI=1S/C19H24F2N2O4S/c1-4-23(5-2)9-10-26-16-12-13(6-7-14(16)25-3)22-18(24)17-15(8-11-28-17)27-19(20)21/h6-8,11-12,19H,4-5,9-10H2,1-3H3,(H,22,24). The molecule has 1 N–H and O–H groups in total. The number of amides is 1. The van der Waals surface area contributed by atoms with Crippen molar-refractivity contribution >= 4 is 22.9 Å². The third kappa shape index (κ3) is 6.07. The highest BCUT2D eigenvalue weighted by Gasteiger charge is 2.18. The molecule has 0 radical (unpaired) electrons. The van der Waals surface area contributed by atoms with Gasteiger partial charge in [-0.25, -0.2) is 0 Å². The number of methoxy groups -OCH3 is 1. The molecular formula is C19H24F2N2O4S. The minimum atomic E-state index is -2.99. The third-order valence-corrected chi connectivity index (χ3v) is 4.93. The Morgan fingerprint density at radius 2 is 1.93 bits per heavy atom. The highest BCUT2D eigenvalue weighted by molar-refractivity contribution is 7.12. The Bertz CT molecular complexity index is 766. The predicted molar refractivity (Wildman–Crippen MR) is 105 cm³/mol. The van der Waals surface area contributed by atoms with Crippen molar-refractivity contribution in [2.45, 2.75) is 20.5 Å². The van der Waals surface area contributed by atoms with Crippen LogP contribution in [0, 0.1) is 0 Å². The molecule has 0 saturated heterocycles. The monoisotopic (exact) mass is 414 g/mol. The molecule has 0 unspecified atom stereocenters. The summed E-state index contributed by atoms with van der Waals surface area (Å²) >= 11 is 1.02. The number of halogens is 2. The summed E-state index contributed by atoms with van der Waals surface area (Å²) in [5.74, 6) is 0.338. The van der Waals surface area contributed by atoms with E-state index in [0.717, 1.165) is 31.0 Å². The van der Waals surface area contributed by atoms with Crippen LogP contribution in [0.5, 0.6) is 17.2 Å². The van der Waals surface area contributed by atoms with Crippen molar-refractivity contribution in [3.63, 3.8) is 0 Å². The van der Waals surface area contributed by atoms with Gasteiger partial charge in [0.25, 0.3) is 5.91 Å². The van der Waals surface area contributed by atoms with Gasteiger partial charge >= 0.3 is 6.61 Å². The van der Waals surface area contributed by atoms with Crippen LogP contribution in [-0.2, 0) is 0 Å². The second-order valence-electron chi connectivity index (χ2n) is 5.69. The lowest BCUT2D eigenvalue weighted by atomic mass is 10.2. The maximum Gasteiger partial charge on any atom is 0.387 e. The lowest BCUT2D eigenvalue weighted by molar-refractivity contribution is -0.0498. The summed E-state index contributed by atoms with van der Waals surface area (Å²) in [6.07, 6.45) is 0. The van der Waals surface area contributed by atoms with Crippen molar-refractivity contribution < 1.29 is 27.8 Å². The molecule has 2 aromatic rings. The fourth-order valence-electron chi connectivity index (χ4n) is 2.53. The molecule has 6 nitrogen and oxygen atoms in total. The minimum absolute atomic E-state index is 0.0696. The van der Waals surface area contributed by atoms with Crippen molar-refractivity contribution in [1.29, 1.82) is 0 Å². The zero-order valence-electron chi connectivity index (χ0n) is 16.0. The molecule has 0 aliphatic rings. The van der Waals surface area contributed by atoms with Crippen molar-refractivity contribution in [2.75, 3.05) is 38.7 Å². The van der Waals surface area contributed by atoms with E-state index in [9.17, 15) is 13.6 Å². The zero-order chi connectivity index (χ0) is 20.5. The first-order chi connectivity index (χ1) is 13.5. The second kappa shape index (κ2) is 10.8. The van der Waals surface area contributed by atoms with Crippen LogP contribution in [0.4, 0.5) is 14.5 Å². The molecule has 0 fully saturated rings. The largest absolute Gasteiger partial charge is 0.493 e. The van der Waals surface area contributed by atoms with E-state index in [-0.39, 0.29) is 10.6 Å². The fourth-order valence-corrected chi connectivity index (χ4v) is 3.25. The van der Waals surface area contributed by atoms with Gasteiger partial charge in [0.1, 0.15) is 17.2 Å². The average Bonchev–Trinajstić information content (AvgIpc) is 3.13. The predicted octanol–water partition coefficient (Wildman–Crippen LogP) is 4.33. The van der Waals surface area contributed by atoms with Crippen LogP contribution in [0.1, 0.15) is 23.5 Å².